The van der Waals surface area contributed by atoms with Crippen LogP contribution in [0.1, 0.15) is 25.0 Å². The molecule has 0 aliphatic heterocycles. The fourth-order valence-electron chi connectivity index (χ4n) is 0.715. The van der Waals surface area contributed by atoms with Crippen molar-refractivity contribution in [3.8, 4) is 6.07 Å². The molecular formula is C10H12FN. The Hall–Kier alpha value is -1.36. The molecule has 0 aliphatic rings. The van der Waals surface area contributed by atoms with Crippen molar-refractivity contribution in [3.05, 3.63) is 35.1 Å². The summed E-state index contributed by atoms with van der Waals surface area (Å²) in [6, 6.07) is 6.06. The van der Waals surface area contributed by atoms with E-state index in [1.807, 2.05) is 19.9 Å². The summed E-state index contributed by atoms with van der Waals surface area (Å²) in [5.41, 5.74) is 1.21. The van der Waals surface area contributed by atoms with Gasteiger partial charge < -0.3 is 0 Å². The molecule has 0 bridgehead atoms. The van der Waals surface area contributed by atoms with E-state index in [1.54, 1.807) is 13.0 Å². The van der Waals surface area contributed by atoms with Gasteiger partial charge in [-0.05, 0) is 24.6 Å². The van der Waals surface area contributed by atoms with Crippen LogP contribution in [-0.4, -0.2) is 0 Å². The molecule has 0 aromatic heterocycles. The van der Waals surface area contributed by atoms with E-state index in [1.165, 1.54) is 12.1 Å². The van der Waals surface area contributed by atoms with Crippen LogP contribution in [0.2, 0.25) is 0 Å². The fourth-order valence-corrected chi connectivity index (χ4v) is 0.715. The lowest BCUT2D eigenvalue weighted by molar-refractivity contribution is 0.627. The predicted octanol–water partition coefficient (Wildman–Crippen LogP) is 3.03. The number of rotatable bonds is 0. The fraction of sp³-hybridized carbons (Fsp3) is 0.300. The zero-order valence-electron chi connectivity index (χ0n) is 7.56. The average Bonchev–Trinajstić information content (AvgIpc) is 2.13. The maximum atomic E-state index is 12.4. The van der Waals surface area contributed by atoms with Crippen LogP contribution in [0.4, 0.5) is 4.39 Å². The number of aryl methyl sites for hydroxylation is 1. The third-order valence-corrected chi connectivity index (χ3v) is 1.32. The molecule has 1 rings (SSSR count). The Labute approximate surface area is 72.5 Å². The van der Waals surface area contributed by atoms with E-state index in [0.29, 0.717) is 5.56 Å². The van der Waals surface area contributed by atoms with Gasteiger partial charge in [0.05, 0.1) is 11.6 Å². The van der Waals surface area contributed by atoms with Gasteiger partial charge in [-0.3, -0.25) is 0 Å². The summed E-state index contributed by atoms with van der Waals surface area (Å²) in [4.78, 5) is 0. The van der Waals surface area contributed by atoms with E-state index in [2.05, 4.69) is 0 Å². The molecule has 0 amide bonds. The Morgan fingerprint density at radius 3 is 2.33 bits per heavy atom. The molecule has 0 radical (unpaired) electrons. The summed E-state index contributed by atoms with van der Waals surface area (Å²) >= 11 is 0. The maximum absolute atomic E-state index is 12.4. The Bertz CT molecular complexity index is 286. The molecule has 0 saturated heterocycles. The highest BCUT2D eigenvalue weighted by molar-refractivity contribution is 5.36. The minimum Gasteiger partial charge on any atom is -0.207 e. The van der Waals surface area contributed by atoms with Gasteiger partial charge in [0, 0.05) is 0 Å². The number of nitrogens with zero attached hydrogens (tertiary/aromatic N) is 1. The summed E-state index contributed by atoms with van der Waals surface area (Å²) in [5, 5.41) is 8.43. The van der Waals surface area contributed by atoms with E-state index in [9.17, 15) is 4.39 Å². The van der Waals surface area contributed by atoms with E-state index >= 15 is 0 Å². The van der Waals surface area contributed by atoms with Crippen molar-refractivity contribution in [1.29, 1.82) is 5.26 Å². The van der Waals surface area contributed by atoms with Gasteiger partial charge in [-0.25, -0.2) is 4.39 Å². The molecule has 0 atom stereocenters. The average molecular weight is 165 g/mol. The Kier molecular flexibility index (Phi) is 4.71. The molecular weight excluding hydrogens is 153 g/mol. The summed E-state index contributed by atoms with van der Waals surface area (Å²) in [5.74, 6) is -0.359. The van der Waals surface area contributed by atoms with Crippen molar-refractivity contribution in [2.45, 2.75) is 20.8 Å². The molecule has 1 aromatic rings. The van der Waals surface area contributed by atoms with Gasteiger partial charge in [-0.15, -0.1) is 0 Å². The van der Waals surface area contributed by atoms with Crippen molar-refractivity contribution in [1.82, 2.24) is 0 Å². The first-order chi connectivity index (χ1) is 5.74. The van der Waals surface area contributed by atoms with E-state index < -0.39 is 0 Å². The molecule has 0 saturated carbocycles. The molecule has 0 heterocycles. The zero-order chi connectivity index (χ0) is 9.56. The first kappa shape index (κ1) is 10.6. The Morgan fingerprint density at radius 1 is 1.33 bits per heavy atom. The van der Waals surface area contributed by atoms with E-state index in [-0.39, 0.29) is 5.82 Å². The number of nitriles is 1. The van der Waals surface area contributed by atoms with Crippen molar-refractivity contribution in [3.63, 3.8) is 0 Å². The van der Waals surface area contributed by atoms with Crippen LogP contribution < -0.4 is 0 Å². The maximum Gasteiger partial charge on any atom is 0.124 e. The molecule has 0 unspecified atom stereocenters. The number of hydrogen-bond donors (Lipinski definition) is 0. The zero-order valence-corrected chi connectivity index (χ0v) is 7.56. The van der Waals surface area contributed by atoms with Gasteiger partial charge >= 0.3 is 0 Å². The third kappa shape index (κ3) is 2.71. The molecule has 0 N–H and O–H groups in total. The van der Waals surface area contributed by atoms with E-state index in [4.69, 9.17) is 5.26 Å². The van der Waals surface area contributed by atoms with Crippen LogP contribution in [-0.2, 0) is 0 Å². The van der Waals surface area contributed by atoms with Crippen LogP contribution in [0.15, 0.2) is 18.2 Å². The molecule has 2 heteroatoms. The highest BCUT2D eigenvalue weighted by Crippen LogP contribution is 2.07. The molecule has 1 aromatic carbocycles. The van der Waals surface area contributed by atoms with Gasteiger partial charge in [0.1, 0.15) is 5.82 Å². The summed E-state index contributed by atoms with van der Waals surface area (Å²) < 4.78 is 12.4. The van der Waals surface area contributed by atoms with Crippen LogP contribution in [0.5, 0.6) is 0 Å². The molecule has 64 valence electrons. The lowest BCUT2D eigenvalue weighted by Gasteiger charge is -1.93. The van der Waals surface area contributed by atoms with Crippen LogP contribution in [0.3, 0.4) is 0 Å². The summed E-state index contributed by atoms with van der Waals surface area (Å²) in [7, 11) is 0. The normalized spacial score (nSPS) is 7.92. The van der Waals surface area contributed by atoms with Crippen molar-refractivity contribution < 1.29 is 4.39 Å². The second kappa shape index (κ2) is 5.31. The van der Waals surface area contributed by atoms with Crippen molar-refractivity contribution in [2.24, 2.45) is 0 Å². The first-order valence-corrected chi connectivity index (χ1v) is 3.90. The van der Waals surface area contributed by atoms with Gasteiger partial charge in [0.2, 0.25) is 0 Å². The van der Waals surface area contributed by atoms with Crippen molar-refractivity contribution in [2.75, 3.05) is 0 Å². The van der Waals surface area contributed by atoms with E-state index in [0.717, 1.165) is 5.56 Å². The smallest absolute Gasteiger partial charge is 0.124 e. The van der Waals surface area contributed by atoms with Crippen LogP contribution in [0, 0.1) is 24.1 Å². The second-order valence-electron chi connectivity index (χ2n) is 2.07. The quantitative estimate of drug-likeness (QED) is 0.579. The molecule has 0 spiro atoms. The number of hydrogen-bond acceptors (Lipinski definition) is 1. The lowest BCUT2D eigenvalue weighted by Crippen LogP contribution is -1.82. The first-order valence-electron chi connectivity index (χ1n) is 3.90. The SMILES string of the molecule is CC.Cc1ccc(F)cc1C#N. The second-order valence-corrected chi connectivity index (χ2v) is 2.07. The molecule has 0 fully saturated rings. The summed E-state index contributed by atoms with van der Waals surface area (Å²) in [6.07, 6.45) is 0. The topological polar surface area (TPSA) is 23.8 Å². The minimum absolute atomic E-state index is 0.359. The monoisotopic (exact) mass is 165 g/mol. The highest BCUT2D eigenvalue weighted by atomic mass is 19.1. The Balaban J connectivity index is 0.000000561. The standard InChI is InChI=1S/C8H6FN.C2H6/c1-6-2-3-8(9)4-7(6)5-10;1-2/h2-4H,1H3;1-2H3. The van der Waals surface area contributed by atoms with Gasteiger partial charge in [0.25, 0.3) is 0 Å². The third-order valence-electron chi connectivity index (χ3n) is 1.32. The number of halogens is 1. The largest absolute Gasteiger partial charge is 0.207 e. The van der Waals surface area contributed by atoms with Gasteiger partial charge in [-0.1, -0.05) is 19.9 Å². The predicted molar refractivity (Wildman–Crippen MR) is 47.2 cm³/mol. The van der Waals surface area contributed by atoms with Crippen molar-refractivity contribution >= 4 is 0 Å². The number of benzene rings is 1. The summed E-state index contributed by atoms with van der Waals surface area (Å²) in [6.45, 7) is 5.78. The molecule has 1 nitrogen and oxygen atoms in total. The lowest BCUT2D eigenvalue weighted by atomic mass is 10.1. The molecule has 0 aliphatic carbocycles. The highest BCUT2D eigenvalue weighted by Gasteiger charge is 1.96. The van der Waals surface area contributed by atoms with Gasteiger partial charge in [0.15, 0.2) is 0 Å². The van der Waals surface area contributed by atoms with Gasteiger partial charge in [-0.2, -0.15) is 5.26 Å². The molecule has 12 heavy (non-hydrogen) atoms. The van der Waals surface area contributed by atoms with Crippen LogP contribution in [0.25, 0.3) is 0 Å². The Morgan fingerprint density at radius 2 is 1.92 bits per heavy atom. The minimum atomic E-state index is -0.359. The van der Waals surface area contributed by atoms with Crippen LogP contribution >= 0.6 is 0 Å².